The molecule has 29 heavy (non-hydrogen) atoms. The molecular formula is C21H19ClN2O4S. The molecule has 2 aromatic rings. The Bertz CT molecular complexity index is 934. The number of halogens is 1. The molecule has 0 bridgehead atoms. The smallest absolute Gasteiger partial charge is 0.273 e. The molecule has 1 saturated heterocycles. The standard InChI is InChI=1S/C21H19ClN2O4S/c22-14-9-7-13(8-10-14)19(26)23(12-17(25)18-6-3-11-29-18)24-20(27)15-4-1-2-5-16(15)21(24)28/h3,6-11,15-16H,1-2,4-5,12H2/t15-,16+. The van der Waals surface area contributed by atoms with Crippen molar-refractivity contribution in [2.24, 2.45) is 11.8 Å². The van der Waals surface area contributed by atoms with Crippen molar-refractivity contribution in [3.05, 3.63) is 57.2 Å². The van der Waals surface area contributed by atoms with Crippen LogP contribution in [-0.4, -0.2) is 40.1 Å². The molecule has 3 amide bonds. The van der Waals surface area contributed by atoms with Crippen LogP contribution in [0.4, 0.5) is 0 Å². The Morgan fingerprint density at radius 1 is 1.03 bits per heavy atom. The van der Waals surface area contributed by atoms with E-state index in [4.69, 9.17) is 11.6 Å². The number of fused-ring (bicyclic) bond motifs is 1. The Morgan fingerprint density at radius 3 is 2.21 bits per heavy atom. The van der Waals surface area contributed by atoms with Crippen molar-refractivity contribution in [1.82, 2.24) is 10.0 Å². The van der Waals surface area contributed by atoms with Gasteiger partial charge in [0.25, 0.3) is 17.7 Å². The Morgan fingerprint density at radius 2 is 1.66 bits per heavy atom. The van der Waals surface area contributed by atoms with Gasteiger partial charge < -0.3 is 0 Å². The summed E-state index contributed by atoms with van der Waals surface area (Å²) in [6.07, 6.45) is 3.03. The van der Waals surface area contributed by atoms with Crippen LogP contribution in [0, 0.1) is 11.8 Å². The van der Waals surface area contributed by atoms with Crippen molar-refractivity contribution in [3.8, 4) is 0 Å². The van der Waals surface area contributed by atoms with Crippen LogP contribution in [0.15, 0.2) is 41.8 Å². The van der Waals surface area contributed by atoms with E-state index in [-0.39, 0.29) is 29.7 Å². The number of ketones is 1. The van der Waals surface area contributed by atoms with E-state index in [1.54, 1.807) is 29.6 Å². The first-order valence-electron chi connectivity index (χ1n) is 9.49. The minimum atomic E-state index is -0.577. The van der Waals surface area contributed by atoms with Gasteiger partial charge in [-0.25, -0.2) is 5.01 Å². The van der Waals surface area contributed by atoms with Crippen LogP contribution >= 0.6 is 22.9 Å². The minimum absolute atomic E-state index is 0.254. The molecule has 1 aliphatic carbocycles. The zero-order valence-electron chi connectivity index (χ0n) is 15.5. The molecule has 0 unspecified atom stereocenters. The Hall–Kier alpha value is -2.51. The number of benzene rings is 1. The summed E-state index contributed by atoms with van der Waals surface area (Å²) in [5.74, 6) is -2.49. The number of hydrazine groups is 1. The minimum Gasteiger partial charge on any atom is -0.291 e. The molecule has 0 radical (unpaired) electrons. The highest BCUT2D eigenvalue weighted by atomic mass is 35.5. The van der Waals surface area contributed by atoms with Gasteiger partial charge >= 0.3 is 0 Å². The lowest BCUT2D eigenvalue weighted by Crippen LogP contribution is -2.52. The van der Waals surface area contributed by atoms with E-state index < -0.39 is 17.7 Å². The van der Waals surface area contributed by atoms with E-state index in [9.17, 15) is 19.2 Å². The summed E-state index contributed by atoms with van der Waals surface area (Å²) >= 11 is 7.16. The molecule has 4 rings (SSSR count). The number of thiophene rings is 1. The maximum atomic E-state index is 13.2. The highest BCUT2D eigenvalue weighted by molar-refractivity contribution is 7.12. The fourth-order valence-electron chi connectivity index (χ4n) is 4.01. The zero-order chi connectivity index (χ0) is 20.5. The number of rotatable bonds is 5. The van der Waals surface area contributed by atoms with Gasteiger partial charge in [-0.15, -0.1) is 11.3 Å². The quantitative estimate of drug-likeness (QED) is 0.534. The molecule has 2 heterocycles. The monoisotopic (exact) mass is 430 g/mol. The lowest BCUT2D eigenvalue weighted by molar-refractivity contribution is -0.154. The van der Waals surface area contributed by atoms with Crippen molar-refractivity contribution in [3.63, 3.8) is 0 Å². The van der Waals surface area contributed by atoms with Gasteiger partial charge in [0, 0.05) is 10.6 Å². The number of amides is 3. The van der Waals surface area contributed by atoms with Crippen molar-refractivity contribution in [2.75, 3.05) is 6.54 Å². The van der Waals surface area contributed by atoms with Gasteiger partial charge in [0.2, 0.25) is 0 Å². The average Bonchev–Trinajstić information content (AvgIpc) is 3.35. The van der Waals surface area contributed by atoms with E-state index in [1.807, 2.05) is 0 Å². The van der Waals surface area contributed by atoms with Gasteiger partial charge in [0.1, 0.15) is 6.54 Å². The van der Waals surface area contributed by atoms with E-state index in [1.165, 1.54) is 23.5 Å². The molecular weight excluding hydrogens is 412 g/mol. The second-order valence-corrected chi connectivity index (χ2v) is 8.64. The Balaban J connectivity index is 1.68. The Kier molecular flexibility index (Phi) is 5.52. The number of carbonyl (C=O) groups excluding carboxylic acids is 4. The van der Waals surface area contributed by atoms with Crippen molar-refractivity contribution < 1.29 is 19.2 Å². The summed E-state index contributed by atoms with van der Waals surface area (Å²) in [5, 5.41) is 4.15. The molecule has 1 aromatic carbocycles. The number of nitrogens with zero attached hydrogens (tertiary/aromatic N) is 2. The molecule has 2 atom stereocenters. The van der Waals surface area contributed by atoms with Gasteiger partial charge in [-0.3, -0.25) is 19.2 Å². The predicted molar refractivity (Wildman–Crippen MR) is 108 cm³/mol. The largest absolute Gasteiger partial charge is 0.291 e. The first-order chi connectivity index (χ1) is 14.0. The molecule has 6 nitrogen and oxygen atoms in total. The number of imide groups is 1. The molecule has 1 saturated carbocycles. The maximum absolute atomic E-state index is 13.2. The van der Waals surface area contributed by atoms with Crippen LogP contribution in [0.3, 0.4) is 0 Å². The maximum Gasteiger partial charge on any atom is 0.273 e. The molecule has 1 aromatic heterocycles. The van der Waals surface area contributed by atoms with Gasteiger partial charge in [0.15, 0.2) is 5.78 Å². The number of Topliss-reactive ketones (excluding diaryl/α,β-unsaturated/α-hetero) is 1. The van der Waals surface area contributed by atoms with Crippen LogP contribution in [0.1, 0.15) is 45.7 Å². The SMILES string of the molecule is O=C(CN(C(=O)c1ccc(Cl)cc1)N1C(=O)[C@H]2CCCC[C@H]2C1=O)c1cccs1. The van der Waals surface area contributed by atoms with Gasteiger partial charge in [0.05, 0.1) is 16.7 Å². The molecule has 150 valence electrons. The van der Waals surface area contributed by atoms with Gasteiger partial charge in [-0.2, -0.15) is 5.01 Å². The molecule has 2 fully saturated rings. The van der Waals surface area contributed by atoms with Crippen molar-refractivity contribution >= 4 is 46.4 Å². The third-order valence-corrected chi connectivity index (χ3v) is 6.64. The van der Waals surface area contributed by atoms with E-state index >= 15 is 0 Å². The zero-order valence-corrected chi connectivity index (χ0v) is 17.1. The van der Waals surface area contributed by atoms with Crippen molar-refractivity contribution in [2.45, 2.75) is 25.7 Å². The molecule has 0 N–H and O–H groups in total. The Labute approximate surface area is 177 Å². The van der Waals surface area contributed by atoms with Gasteiger partial charge in [-0.05, 0) is 48.6 Å². The first-order valence-corrected chi connectivity index (χ1v) is 10.7. The molecule has 0 spiro atoms. The number of carbonyl (C=O) groups is 4. The lowest BCUT2D eigenvalue weighted by Gasteiger charge is -2.30. The second-order valence-electron chi connectivity index (χ2n) is 7.26. The third kappa shape index (κ3) is 3.72. The van der Waals surface area contributed by atoms with E-state index in [0.29, 0.717) is 22.7 Å². The van der Waals surface area contributed by atoms with E-state index in [2.05, 4.69) is 0 Å². The fraction of sp³-hybridized carbons (Fsp3) is 0.333. The summed E-state index contributed by atoms with van der Waals surface area (Å²) in [6, 6.07) is 9.55. The fourth-order valence-corrected chi connectivity index (χ4v) is 4.79. The van der Waals surface area contributed by atoms with Crippen LogP contribution in [0.25, 0.3) is 0 Å². The molecule has 1 aliphatic heterocycles. The van der Waals surface area contributed by atoms with E-state index in [0.717, 1.165) is 22.9 Å². The summed E-state index contributed by atoms with van der Waals surface area (Å²) < 4.78 is 0. The highest BCUT2D eigenvalue weighted by Gasteiger charge is 2.51. The first kappa shape index (κ1) is 19.8. The topological polar surface area (TPSA) is 74.8 Å². The summed E-state index contributed by atoms with van der Waals surface area (Å²) in [6.45, 7) is -0.376. The van der Waals surface area contributed by atoms with Crippen LogP contribution in [0.5, 0.6) is 0 Å². The average molecular weight is 431 g/mol. The molecule has 8 heteroatoms. The van der Waals surface area contributed by atoms with Crippen molar-refractivity contribution in [1.29, 1.82) is 0 Å². The molecule has 2 aliphatic rings. The number of hydrogen-bond donors (Lipinski definition) is 0. The summed E-state index contributed by atoms with van der Waals surface area (Å²) in [5.41, 5.74) is 0.254. The normalized spacial score (nSPS) is 21.2. The van der Waals surface area contributed by atoms with Crippen LogP contribution in [-0.2, 0) is 9.59 Å². The van der Waals surface area contributed by atoms with Gasteiger partial charge in [-0.1, -0.05) is 30.5 Å². The lowest BCUT2D eigenvalue weighted by atomic mass is 9.81. The van der Waals surface area contributed by atoms with Crippen LogP contribution < -0.4 is 0 Å². The highest BCUT2D eigenvalue weighted by Crippen LogP contribution is 2.39. The predicted octanol–water partition coefficient (Wildman–Crippen LogP) is 3.82. The summed E-state index contributed by atoms with van der Waals surface area (Å²) in [4.78, 5) is 52.5. The summed E-state index contributed by atoms with van der Waals surface area (Å²) in [7, 11) is 0. The second kappa shape index (κ2) is 8.08. The van der Waals surface area contributed by atoms with Crippen LogP contribution in [0.2, 0.25) is 5.02 Å². The third-order valence-electron chi connectivity index (χ3n) is 5.47. The number of hydrogen-bond acceptors (Lipinski definition) is 5.